The van der Waals surface area contributed by atoms with Crippen molar-refractivity contribution in [1.82, 2.24) is 14.9 Å². The molecule has 1 aliphatic carbocycles. The van der Waals surface area contributed by atoms with Gasteiger partial charge in [-0.1, -0.05) is 63.6 Å². The first-order chi connectivity index (χ1) is 35.3. The number of nitrogens with two attached hydrogens (primary N) is 1. The number of carbonyl (C=O) groups is 6. The number of ketones is 4. The number of hydrogen-bond acceptors (Lipinski definition) is 15. The Morgan fingerprint density at radius 1 is 0.959 bits per heavy atom. The predicted molar refractivity (Wildman–Crippen MR) is 278 cm³/mol. The predicted octanol–water partition coefficient (Wildman–Crippen LogP) is 6.56. The lowest BCUT2D eigenvalue weighted by Gasteiger charge is -2.47. The Labute approximate surface area is 437 Å². The maximum atomic E-state index is 14.6. The molecule has 0 radical (unpaired) electrons. The summed E-state index contributed by atoms with van der Waals surface area (Å²) in [4.78, 5) is 94.5. The number of ether oxygens (including phenoxy) is 5. The molecule has 2 saturated heterocycles. The summed E-state index contributed by atoms with van der Waals surface area (Å²) in [5.74, 6) is -8.11. The molecule has 4 aliphatic rings. The Balaban J connectivity index is 1.23. The summed E-state index contributed by atoms with van der Waals surface area (Å²) in [7, 11) is 6.14. The number of allylic oxidation sites excluding steroid dienone is 3. The van der Waals surface area contributed by atoms with Gasteiger partial charge in [0.05, 0.1) is 44.1 Å². The summed E-state index contributed by atoms with van der Waals surface area (Å²) in [5.41, 5.74) is 9.90. The Morgan fingerprint density at radius 3 is 2.35 bits per heavy atom. The van der Waals surface area contributed by atoms with Crippen LogP contribution in [0.3, 0.4) is 0 Å². The zero-order valence-corrected chi connectivity index (χ0v) is 45.5. The van der Waals surface area contributed by atoms with Gasteiger partial charge in [-0.3, -0.25) is 24.0 Å². The van der Waals surface area contributed by atoms with Crippen LogP contribution in [-0.2, 0) is 63.7 Å². The molecule has 3 aliphatic heterocycles. The highest BCUT2D eigenvalue weighted by Crippen LogP contribution is 2.40. The number of Topliss-reactive ketones (excluding diaryl/α,β-unsaturated/α-hetero) is 4. The molecule has 1 saturated carbocycles. The van der Waals surface area contributed by atoms with E-state index in [1.165, 1.54) is 24.2 Å². The molecule has 4 N–H and O–H groups in total. The summed E-state index contributed by atoms with van der Waals surface area (Å²) < 4.78 is 30.6. The van der Waals surface area contributed by atoms with E-state index < -0.39 is 83.5 Å². The second-order valence-corrected chi connectivity index (χ2v) is 21.8. The van der Waals surface area contributed by atoms with Gasteiger partial charge in [0, 0.05) is 63.2 Å². The topological polar surface area (TPSA) is 226 Å². The number of methoxy groups -OCH3 is 3. The van der Waals surface area contributed by atoms with Gasteiger partial charge in [-0.25, -0.2) is 4.79 Å². The molecular weight excluding hydrogens is 949 g/mol. The van der Waals surface area contributed by atoms with Crippen LogP contribution < -0.4 is 5.73 Å². The molecule has 3 fully saturated rings. The molecule has 1 aromatic heterocycles. The molecule has 74 heavy (non-hydrogen) atoms. The first kappa shape index (κ1) is 58.8. The lowest BCUT2D eigenvalue weighted by molar-refractivity contribution is -0.302. The minimum atomic E-state index is -2.51. The van der Waals surface area contributed by atoms with E-state index in [0.29, 0.717) is 57.8 Å². The number of amides is 1. The molecule has 17 heteroatoms. The van der Waals surface area contributed by atoms with Crippen molar-refractivity contribution < 1.29 is 62.4 Å². The average Bonchev–Trinajstić information content (AvgIpc) is 3.81. The number of aromatic amines is 1. The number of nitrogens with one attached hydrogen (secondary N) is 1. The van der Waals surface area contributed by atoms with E-state index in [9.17, 15) is 33.9 Å². The summed E-state index contributed by atoms with van der Waals surface area (Å²) >= 11 is 0. The number of nitrogens with zero attached hydrogens (tertiary/aromatic N) is 2. The highest BCUT2D eigenvalue weighted by Gasteiger charge is 2.56. The molecule has 13 unspecified atom stereocenters. The first-order valence-corrected chi connectivity index (χ1v) is 26.9. The number of piperidine rings is 1. The summed E-state index contributed by atoms with van der Waals surface area (Å²) in [6.45, 7) is 11.4. The Kier molecular flexibility index (Phi) is 21.1. The van der Waals surface area contributed by atoms with Gasteiger partial charge in [0.2, 0.25) is 17.4 Å². The third kappa shape index (κ3) is 13.7. The summed E-state index contributed by atoms with van der Waals surface area (Å²) in [5, 5.41) is 14.6. The van der Waals surface area contributed by atoms with Gasteiger partial charge in [-0.15, -0.1) is 0 Å². The van der Waals surface area contributed by atoms with Gasteiger partial charge in [0.25, 0.3) is 11.7 Å². The molecule has 6 rings (SSSR count). The van der Waals surface area contributed by atoms with Crippen molar-refractivity contribution in [3.63, 3.8) is 0 Å². The van der Waals surface area contributed by atoms with Gasteiger partial charge >= 0.3 is 5.97 Å². The molecule has 4 heterocycles. The van der Waals surface area contributed by atoms with Crippen LogP contribution in [0.5, 0.6) is 0 Å². The van der Waals surface area contributed by atoms with Crippen molar-refractivity contribution in [2.24, 2.45) is 35.3 Å². The molecule has 2 aromatic rings. The van der Waals surface area contributed by atoms with E-state index in [1.54, 1.807) is 21.1 Å². The van der Waals surface area contributed by atoms with E-state index >= 15 is 0 Å². The third-order valence-corrected chi connectivity index (χ3v) is 16.4. The van der Waals surface area contributed by atoms with Gasteiger partial charge in [-0.05, 0) is 126 Å². The number of rotatable bonds is 14. The molecule has 17 nitrogen and oxygen atoms in total. The summed E-state index contributed by atoms with van der Waals surface area (Å²) in [6, 6.07) is 5.18. The molecular formula is C57H84N4O13. The number of H-pyrrole nitrogens is 1. The number of aliphatic hydroxyl groups is 1. The minimum absolute atomic E-state index is 0.0524. The normalized spacial score (nSPS) is 33.8. The number of aromatic nitrogens is 1. The fraction of sp³-hybridized carbons (Fsp3) is 0.684. The zero-order valence-electron chi connectivity index (χ0n) is 45.5. The lowest BCUT2D eigenvalue weighted by Crippen LogP contribution is -2.64. The summed E-state index contributed by atoms with van der Waals surface area (Å²) in [6.07, 6.45) is 8.63. The lowest BCUT2D eigenvalue weighted by atomic mass is 9.81. The second-order valence-electron chi connectivity index (χ2n) is 21.8. The zero-order chi connectivity index (χ0) is 54.0. The van der Waals surface area contributed by atoms with Gasteiger partial charge in [0.15, 0.2) is 0 Å². The molecule has 1 amide bonds. The fourth-order valence-electron chi connectivity index (χ4n) is 12.1. The fourth-order valence-corrected chi connectivity index (χ4v) is 12.1. The smallest absolute Gasteiger partial charge is 0.329 e. The maximum Gasteiger partial charge on any atom is 0.329 e. The molecule has 410 valence electrons. The molecule has 14 atom stereocenters. The highest BCUT2D eigenvalue weighted by atomic mass is 16.7. The highest BCUT2D eigenvalue weighted by molar-refractivity contribution is 6.40. The minimum Gasteiger partial charge on any atom is -0.456 e. The quantitative estimate of drug-likeness (QED) is 0.0788. The van der Waals surface area contributed by atoms with Crippen LogP contribution in [0.4, 0.5) is 0 Å². The van der Waals surface area contributed by atoms with Crippen molar-refractivity contribution in [3.8, 4) is 0 Å². The number of benzene rings is 1. The Bertz CT molecular complexity index is 2350. The number of fused-ring (bicyclic) bond motifs is 4. The van der Waals surface area contributed by atoms with Crippen LogP contribution in [0, 0.1) is 29.6 Å². The SMILES string of the molecule is CCC1/C=C(\C)CC(C)CC(OC)C2OC(O)(C(=O)C(=O)N3CCCCC3C(=O)OC(C(C)=CC3CCC(N(CC(=O)C(=O)[C@@H](N)Cc4c[nH]c5ccccc45)OC)C(OC)C3)C(C)CCC1=O)C(C)CC2OC. The van der Waals surface area contributed by atoms with Crippen LogP contribution in [0.15, 0.2) is 53.8 Å². The Hall–Kier alpha value is -4.46. The number of esters is 1. The van der Waals surface area contributed by atoms with E-state index in [1.807, 2.05) is 58.2 Å². The van der Waals surface area contributed by atoms with Gasteiger partial charge in [-0.2, -0.15) is 5.06 Å². The van der Waals surface area contributed by atoms with Crippen LogP contribution in [0.1, 0.15) is 124 Å². The van der Waals surface area contributed by atoms with Crippen molar-refractivity contribution in [1.29, 1.82) is 0 Å². The number of hydroxylamine groups is 2. The number of carbonyl (C=O) groups excluding carboxylic acids is 6. The van der Waals surface area contributed by atoms with Crippen LogP contribution in [-0.4, -0.2) is 151 Å². The molecule has 0 spiro atoms. The standard InChI is InChI=1S/C57H84N4O13/c1-11-39-25-33(2)24-34(3)26-49(70-8)53-50(71-9)28-37(6)57(68,74-53)54(65)55(66)60-23-15-14-18-45(60)56(67)73-52(35(4)19-22-46(39)62)36(5)27-38-20-21-44(48(29-38)69-7)61(72-10)32-47(63)51(64)42(58)30-40-31-59-43-17-13-12-16-41(40)43/h12-13,16-17,25,27,31,34-35,37-39,42,44-45,48-50,52-53,59,68H,11,14-15,18-24,26,28-30,32,58H2,1-10H3/b33-25+,36-27?/t34?,35?,37?,38?,39?,42-,44?,45?,48?,49?,50?,52?,53?,57?/m0/s1. The Morgan fingerprint density at radius 2 is 1.66 bits per heavy atom. The monoisotopic (exact) mass is 1030 g/mol. The first-order valence-electron chi connectivity index (χ1n) is 26.9. The van der Waals surface area contributed by atoms with E-state index in [0.717, 1.165) is 27.6 Å². The van der Waals surface area contributed by atoms with Crippen molar-refractivity contribution in [2.75, 3.05) is 41.5 Å². The number of hydrogen-bond donors (Lipinski definition) is 3. The molecule has 1 aromatic carbocycles. The number of cyclic esters (lactones) is 1. The third-order valence-electron chi connectivity index (χ3n) is 16.4. The van der Waals surface area contributed by atoms with Crippen LogP contribution >= 0.6 is 0 Å². The van der Waals surface area contributed by atoms with Crippen LogP contribution in [0.2, 0.25) is 0 Å². The van der Waals surface area contributed by atoms with Crippen molar-refractivity contribution in [3.05, 3.63) is 59.3 Å². The van der Waals surface area contributed by atoms with Crippen molar-refractivity contribution >= 4 is 45.9 Å². The van der Waals surface area contributed by atoms with E-state index in [-0.39, 0.29) is 74.3 Å². The second kappa shape index (κ2) is 26.5. The average molecular weight is 1030 g/mol. The number of para-hydroxylation sites is 1. The van der Waals surface area contributed by atoms with E-state index in [4.69, 9.17) is 34.3 Å². The van der Waals surface area contributed by atoms with Crippen LogP contribution in [0.25, 0.3) is 10.9 Å². The molecule has 2 bridgehead atoms. The maximum absolute atomic E-state index is 14.6. The van der Waals surface area contributed by atoms with E-state index in [2.05, 4.69) is 24.1 Å². The largest absolute Gasteiger partial charge is 0.456 e. The van der Waals surface area contributed by atoms with Crippen molar-refractivity contribution in [2.45, 2.75) is 179 Å². The van der Waals surface area contributed by atoms with Gasteiger partial charge in [0.1, 0.15) is 24.0 Å². The van der Waals surface area contributed by atoms with Gasteiger partial charge < -0.3 is 49.2 Å².